The number of carbonyl (C=O) groups is 2. The van der Waals surface area contributed by atoms with Crippen LogP contribution in [0.3, 0.4) is 0 Å². The third kappa shape index (κ3) is 7.59. The highest BCUT2D eigenvalue weighted by Gasteiger charge is 2.38. The largest absolute Gasteiger partial charge is 0.547 e. The van der Waals surface area contributed by atoms with Gasteiger partial charge in [-0.1, -0.05) is 44.7 Å². The molecule has 0 bridgehead atoms. The van der Waals surface area contributed by atoms with Gasteiger partial charge in [-0.05, 0) is 31.4 Å². The fourth-order valence-electron chi connectivity index (χ4n) is 3.27. The lowest BCUT2D eigenvalue weighted by Crippen LogP contribution is -2.53. The average molecular weight is 425 g/mol. The molecule has 6 nitrogen and oxygen atoms in total. The molecule has 0 fully saturated rings. The van der Waals surface area contributed by atoms with Crippen LogP contribution in [0.1, 0.15) is 74.7 Å². The maximum atomic E-state index is 12.9. The van der Waals surface area contributed by atoms with Crippen LogP contribution >= 0.6 is 0 Å². The summed E-state index contributed by atoms with van der Waals surface area (Å²) in [5.41, 5.74) is 0.847. The van der Waals surface area contributed by atoms with Crippen LogP contribution in [-0.2, 0) is 16.0 Å². The predicted molar refractivity (Wildman–Crippen MR) is 110 cm³/mol. The molecule has 166 valence electrons. The van der Waals surface area contributed by atoms with Crippen molar-refractivity contribution in [3.8, 4) is 5.75 Å². The maximum absolute atomic E-state index is 12.9. The number of ether oxygens (including phenoxy) is 1. The molecule has 0 unspecified atom stereocenters. The summed E-state index contributed by atoms with van der Waals surface area (Å²) >= 11 is 0. The van der Waals surface area contributed by atoms with Gasteiger partial charge < -0.3 is 19.7 Å². The topological polar surface area (TPSA) is 84.9 Å². The van der Waals surface area contributed by atoms with Crippen LogP contribution in [0, 0.1) is 0 Å². The van der Waals surface area contributed by atoms with Crippen LogP contribution < -0.4 is 9.97 Å². The third-order valence-electron chi connectivity index (χ3n) is 4.96. The van der Waals surface area contributed by atoms with Crippen molar-refractivity contribution in [1.82, 2.24) is 5.32 Å². The molecule has 1 aromatic rings. The van der Waals surface area contributed by atoms with Gasteiger partial charge >= 0.3 is 13.1 Å². The normalized spacial score (nSPS) is 15.9. The number of nitrogens with one attached hydrogen (secondary N) is 1. The van der Waals surface area contributed by atoms with Gasteiger partial charge in [-0.25, -0.2) is 13.6 Å². The number of esters is 1. The Balaban J connectivity index is 1.93. The number of hydrogen-bond donors (Lipinski definition) is 2. The van der Waals surface area contributed by atoms with E-state index in [0.717, 1.165) is 39.0 Å². The first-order chi connectivity index (χ1) is 14.2. The van der Waals surface area contributed by atoms with Crippen LogP contribution in [0.2, 0.25) is 0 Å². The zero-order valence-corrected chi connectivity index (χ0v) is 17.6. The molecule has 1 aliphatic heterocycles. The van der Waals surface area contributed by atoms with Crippen LogP contribution in [0.4, 0.5) is 8.78 Å². The Morgan fingerprint density at radius 1 is 1.30 bits per heavy atom. The van der Waals surface area contributed by atoms with Crippen molar-refractivity contribution in [3.63, 3.8) is 0 Å². The minimum absolute atomic E-state index is 0.211. The molecule has 1 heterocycles. The molecule has 1 aromatic carbocycles. The lowest BCUT2D eigenvalue weighted by molar-refractivity contribution is -0.123. The number of hydrogen-bond acceptors (Lipinski definition) is 5. The smallest absolute Gasteiger partial charge is 0.534 e. The highest BCUT2D eigenvalue weighted by Crippen LogP contribution is 2.31. The molecule has 0 spiro atoms. The summed E-state index contributed by atoms with van der Waals surface area (Å²) in [5.74, 6) is -4.61. The monoisotopic (exact) mass is 425 g/mol. The van der Waals surface area contributed by atoms with Gasteiger partial charge in [-0.15, -0.1) is 0 Å². The molecule has 2 rings (SSSR count). The number of unbranched alkanes of at least 4 members (excludes halogenated alkanes) is 4. The molecule has 0 aliphatic carbocycles. The highest BCUT2D eigenvalue weighted by atomic mass is 19.3. The summed E-state index contributed by atoms with van der Waals surface area (Å²) in [6, 6.07) is 4.96. The van der Waals surface area contributed by atoms with E-state index in [1.54, 1.807) is 18.2 Å². The molecular formula is C21H30BF2NO5. The number of fused-ring (bicyclic) bond motifs is 1. The van der Waals surface area contributed by atoms with Gasteiger partial charge in [-0.3, -0.25) is 4.79 Å². The molecule has 1 atom stereocenters. The van der Waals surface area contributed by atoms with Crippen molar-refractivity contribution < 1.29 is 32.8 Å². The number of amides is 1. The second-order valence-corrected chi connectivity index (χ2v) is 7.80. The Hall–Kier alpha value is -2.16. The van der Waals surface area contributed by atoms with Gasteiger partial charge in [0.05, 0.1) is 12.5 Å². The summed E-state index contributed by atoms with van der Waals surface area (Å²) in [7, 11) is -1.40. The van der Waals surface area contributed by atoms with Gasteiger partial charge in [0.1, 0.15) is 11.3 Å². The van der Waals surface area contributed by atoms with E-state index >= 15 is 0 Å². The van der Waals surface area contributed by atoms with Crippen LogP contribution in [0.5, 0.6) is 5.75 Å². The number of alkyl halides is 2. The number of para-hydroxylation sites is 1. The Labute approximate surface area is 176 Å². The van der Waals surface area contributed by atoms with Crippen molar-refractivity contribution >= 4 is 19.0 Å². The zero-order chi connectivity index (χ0) is 22.1. The SMILES string of the molecule is CCCCCCCOC(=O)c1cccc2c1OB(O)[C@@H](NC(=O)CCC(C)(F)F)C2. The average Bonchev–Trinajstić information content (AvgIpc) is 2.68. The molecule has 0 aromatic heterocycles. The Bertz CT molecular complexity index is 726. The van der Waals surface area contributed by atoms with E-state index in [1.165, 1.54) is 0 Å². The molecule has 1 aliphatic rings. The lowest BCUT2D eigenvalue weighted by atomic mass is 9.72. The van der Waals surface area contributed by atoms with E-state index in [9.17, 15) is 23.4 Å². The van der Waals surface area contributed by atoms with E-state index in [-0.39, 0.29) is 24.2 Å². The van der Waals surface area contributed by atoms with Gasteiger partial charge in [0, 0.05) is 12.8 Å². The quantitative estimate of drug-likeness (QED) is 0.321. The van der Waals surface area contributed by atoms with Crippen molar-refractivity contribution in [2.75, 3.05) is 6.61 Å². The second-order valence-electron chi connectivity index (χ2n) is 7.80. The number of rotatable bonds is 11. The molecule has 1 amide bonds. The molecule has 9 heteroatoms. The van der Waals surface area contributed by atoms with Gasteiger partial charge in [0.25, 0.3) is 0 Å². The first-order valence-electron chi connectivity index (χ1n) is 10.5. The summed E-state index contributed by atoms with van der Waals surface area (Å²) in [4.78, 5) is 24.3. The number of carbonyl (C=O) groups excluding carboxylic acids is 2. The van der Waals surface area contributed by atoms with Gasteiger partial charge in [-0.2, -0.15) is 0 Å². The molecule has 30 heavy (non-hydrogen) atoms. The van der Waals surface area contributed by atoms with Crippen LogP contribution in [0.25, 0.3) is 0 Å². The molecule has 0 saturated heterocycles. The Kier molecular flexibility index (Phi) is 9.08. The molecule has 0 radical (unpaired) electrons. The van der Waals surface area contributed by atoms with Crippen molar-refractivity contribution in [3.05, 3.63) is 29.3 Å². The van der Waals surface area contributed by atoms with E-state index < -0.39 is 37.3 Å². The molecule has 2 N–H and O–H groups in total. The van der Waals surface area contributed by atoms with E-state index in [0.29, 0.717) is 12.2 Å². The van der Waals surface area contributed by atoms with E-state index in [4.69, 9.17) is 9.39 Å². The summed E-state index contributed by atoms with van der Waals surface area (Å²) in [6.07, 6.45) is 4.46. The minimum atomic E-state index is -2.93. The van der Waals surface area contributed by atoms with Gasteiger partial charge in [0.15, 0.2) is 0 Å². The van der Waals surface area contributed by atoms with Crippen molar-refractivity contribution in [2.24, 2.45) is 0 Å². The number of benzene rings is 1. The third-order valence-corrected chi connectivity index (χ3v) is 4.96. The molecule has 0 saturated carbocycles. The first kappa shape index (κ1) is 24.1. The van der Waals surface area contributed by atoms with Crippen molar-refractivity contribution in [1.29, 1.82) is 0 Å². The predicted octanol–water partition coefficient (Wildman–Crippen LogP) is 3.69. The fraction of sp³-hybridized carbons (Fsp3) is 0.619. The maximum Gasteiger partial charge on any atom is 0.547 e. The first-order valence-corrected chi connectivity index (χ1v) is 10.5. The molecular weight excluding hydrogens is 395 g/mol. The Morgan fingerprint density at radius 3 is 2.73 bits per heavy atom. The van der Waals surface area contributed by atoms with Crippen LogP contribution in [-0.4, -0.2) is 42.5 Å². The van der Waals surface area contributed by atoms with Gasteiger partial charge in [0.2, 0.25) is 11.8 Å². The fourth-order valence-corrected chi connectivity index (χ4v) is 3.27. The Morgan fingerprint density at radius 2 is 2.03 bits per heavy atom. The van der Waals surface area contributed by atoms with Crippen molar-refractivity contribution in [2.45, 2.75) is 77.1 Å². The summed E-state index contributed by atoms with van der Waals surface area (Å²) in [5, 5.41) is 12.8. The van der Waals surface area contributed by atoms with E-state index in [1.807, 2.05) is 0 Å². The lowest BCUT2D eigenvalue weighted by Gasteiger charge is -2.29. The minimum Gasteiger partial charge on any atom is -0.534 e. The van der Waals surface area contributed by atoms with Crippen LogP contribution in [0.15, 0.2) is 18.2 Å². The highest BCUT2D eigenvalue weighted by molar-refractivity contribution is 6.47. The second kappa shape index (κ2) is 11.3. The van der Waals surface area contributed by atoms with E-state index in [2.05, 4.69) is 12.2 Å². The number of halogens is 2. The zero-order valence-electron chi connectivity index (χ0n) is 17.6. The summed E-state index contributed by atoms with van der Waals surface area (Å²) < 4.78 is 36.7. The standard InChI is InChI=1S/C21H30BF2NO5/c1-3-4-5-6-7-13-29-20(27)16-10-8-9-15-14-17(22(28)30-19(15)16)25-18(26)11-12-21(2,23)24/h8-10,17,28H,3-7,11-14H2,1-2H3,(H,25,26)/t17-/m0/s1. The summed E-state index contributed by atoms with van der Waals surface area (Å²) in [6.45, 7) is 3.20.